The number of hydrogen-bond acceptors (Lipinski definition) is 7. The van der Waals surface area contributed by atoms with Crippen molar-refractivity contribution in [2.24, 2.45) is 0 Å². The number of hydrogen-bond donors (Lipinski definition) is 3. The van der Waals surface area contributed by atoms with E-state index in [-0.39, 0.29) is 0 Å². The number of ether oxygens (including phenoxy) is 3. The first-order chi connectivity index (χ1) is 16.9. The van der Waals surface area contributed by atoms with Crippen LogP contribution in [-0.4, -0.2) is 37.3 Å². The van der Waals surface area contributed by atoms with Gasteiger partial charge in [0, 0.05) is 17.1 Å². The van der Waals surface area contributed by atoms with Gasteiger partial charge in [-0.3, -0.25) is 16.0 Å². The van der Waals surface area contributed by atoms with Crippen LogP contribution in [-0.2, 0) is 18.8 Å². The second-order valence-electron chi connectivity index (χ2n) is 7.21. The van der Waals surface area contributed by atoms with Crippen LogP contribution in [0.25, 0.3) is 0 Å². The summed E-state index contributed by atoms with van der Waals surface area (Å²) in [5.74, 6) is 0. The Hall–Kier alpha value is -4.30. The molecule has 0 bridgehead atoms. The van der Waals surface area contributed by atoms with Gasteiger partial charge < -0.3 is 18.8 Å². The maximum absolute atomic E-state index is 13.4. The van der Waals surface area contributed by atoms with Crippen LogP contribution in [0.5, 0.6) is 0 Å². The van der Waals surface area contributed by atoms with Crippen LogP contribution in [0.4, 0.5) is 31.4 Å². The third kappa shape index (κ3) is 9.23. The lowest BCUT2D eigenvalue weighted by Gasteiger charge is -2.19. The minimum Gasteiger partial charge on any atom is -0.441 e. The van der Waals surface area contributed by atoms with Gasteiger partial charge in [-0.15, -0.1) is 0 Å². The maximum Gasteiger partial charge on any atom is 0.412 e. The highest BCUT2D eigenvalue weighted by atomic mass is 31.2. The largest absolute Gasteiger partial charge is 0.441 e. The van der Waals surface area contributed by atoms with E-state index in [1.807, 2.05) is 0 Å². The zero-order chi connectivity index (χ0) is 24.9. The van der Waals surface area contributed by atoms with E-state index in [2.05, 4.69) is 16.0 Å². The third-order valence-electron chi connectivity index (χ3n) is 4.35. The summed E-state index contributed by atoms with van der Waals surface area (Å²) in [4.78, 5) is 36.4. The molecule has 0 spiro atoms. The number of carbonyl (C=O) groups excluding carboxylic acids is 3. The summed E-state index contributed by atoms with van der Waals surface area (Å²) in [7, 11) is -3.64. The summed E-state index contributed by atoms with van der Waals surface area (Å²) in [6, 6.07) is 25.5. The molecule has 0 aromatic heterocycles. The molecule has 0 saturated carbocycles. The Balaban J connectivity index is 1.57. The van der Waals surface area contributed by atoms with Crippen molar-refractivity contribution in [3.63, 3.8) is 0 Å². The Labute approximate surface area is 201 Å². The van der Waals surface area contributed by atoms with Crippen molar-refractivity contribution in [2.75, 3.05) is 35.0 Å². The molecule has 0 aliphatic heterocycles. The molecular weight excluding hydrogens is 473 g/mol. The fourth-order valence-corrected chi connectivity index (χ4v) is 3.95. The Morgan fingerprint density at radius 1 is 0.514 bits per heavy atom. The van der Waals surface area contributed by atoms with Crippen molar-refractivity contribution in [3.8, 4) is 0 Å². The smallest absolute Gasteiger partial charge is 0.412 e. The van der Waals surface area contributed by atoms with E-state index in [1.54, 1.807) is 91.0 Å². The molecule has 0 aliphatic carbocycles. The molecule has 0 unspecified atom stereocenters. The lowest BCUT2D eigenvalue weighted by atomic mass is 10.3. The van der Waals surface area contributed by atoms with Gasteiger partial charge in [-0.1, -0.05) is 54.6 Å². The highest BCUT2D eigenvalue weighted by Gasteiger charge is 2.29. The van der Waals surface area contributed by atoms with Crippen molar-refractivity contribution < 1.29 is 33.2 Å². The van der Waals surface area contributed by atoms with Gasteiger partial charge in [0.1, 0.15) is 0 Å². The van der Waals surface area contributed by atoms with Gasteiger partial charge in [-0.25, -0.2) is 14.4 Å². The molecule has 0 radical (unpaired) electrons. The van der Waals surface area contributed by atoms with E-state index < -0.39 is 44.5 Å². The highest BCUT2D eigenvalue weighted by Crippen LogP contribution is 2.45. The molecule has 0 saturated heterocycles. The lowest BCUT2D eigenvalue weighted by molar-refractivity contribution is 0.163. The summed E-state index contributed by atoms with van der Waals surface area (Å²) in [6.07, 6.45) is -4.45. The highest BCUT2D eigenvalue weighted by molar-refractivity contribution is 7.63. The number of rotatable bonds is 9. The number of amides is 3. The van der Waals surface area contributed by atoms with E-state index in [0.717, 1.165) is 0 Å². The summed E-state index contributed by atoms with van der Waals surface area (Å²) in [5, 5.41) is 7.46. The number of anilines is 3. The van der Waals surface area contributed by atoms with Gasteiger partial charge in [0.05, 0.1) is 0 Å². The first kappa shape index (κ1) is 25.3. The first-order valence-electron chi connectivity index (χ1n) is 10.5. The van der Waals surface area contributed by atoms with Gasteiger partial charge in [0.15, 0.2) is 26.2 Å². The molecule has 3 N–H and O–H groups in total. The minimum atomic E-state index is -3.64. The maximum atomic E-state index is 13.4. The third-order valence-corrected chi connectivity index (χ3v) is 6.15. The van der Waals surface area contributed by atoms with Crippen LogP contribution in [0.1, 0.15) is 0 Å². The average molecular weight is 497 g/mol. The van der Waals surface area contributed by atoms with Crippen molar-refractivity contribution in [3.05, 3.63) is 91.0 Å². The normalized spacial score (nSPS) is 10.5. The SMILES string of the molecule is O=C(Nc1ccccc1)OCP(=O)(COC(=O)Nc1ccccc1)COC(=O)Nc1ccccc1. The summed E-state index contributed by atoms with van der Waals surface area (Å²) in [5.41, 5.74) is 1.43. The molecule has 11 heteroatoms. The quantitative estimate of drug-likeness (QED) is 0.245. The number of nitrogens with one attached hydrogen (secondary N) is 3. The second-order valence-corrected chi connectivity index (χ2v) is 10.1. The first-order valence-corrected chi connectivity index (χ1v) is 12.7. The number of carbonyl (C=O) groups is 3. The molecule has 10 nitrogen and oxygen atoms in total. The second kappa shape index (κ2) is 12.8. The molecule has 0 heterocycles. The molecule has 35 heavy (non-hydrogen) atoms. The van der Waals surface area contributed by atoms with E-state index in [1.165, 1.54) is 0 Å². The molecule has 0 fully saturated rings. The molecule has 3 aromatic carbocycles. The molecule has 3 aromatic rings. The summed E-state index contributed by atoms with van der Waals surface area (Å²) < 4.78 is 28.6. The van der Waals surface area contributed by atoms with Crippen LogP contribution < -0.4 is 16.0 Å². The summed E-state index contributed by atoms with van der Waals surface area (Å²) >= 11 is 0. The molecule has 0 aliphatic rings. The average Bonchev–Trinajstić information content (AvgIpc) is 2.87. The van der Waals surface area contributed by atoms with E-state index in [0.29, 0.717) is 17.1 Å². The van der Waals surface area contributed by atoms with Gasteiger partial charge in [-0.2, -0.15) is 0 Å². The van der Waals surface area contributed by atoms with Crippen LogP contribution in [0.15, 0.2) is 91.0 Å². The van der Waals surface area contributed by atoms with Gasteiger partial charge in [0.2, 0.25) is 0 Å². The van der Waals surface area contributed by atoms with Gasteiger partial charge >= 0.3 is 18.3 Å². The fourth-order valence-electron chi connectivity index (χ4n) is 2.67. The van der Waals surface area contributed by atoms with Crippen molar-refractivity contribution >= 4 is 42.5 Å². The zero-order valence-electron chi connectivity index (χ0n) is 18.6. The molecule has 0 atom stereocenters. The molecular formula is C24H24N3O7P. The van der Waals surface area contributed by atoms with Crippen LogP contribution in [0.2, 0.25) is 0 Å². The predicted octanol–water partition coefficient (Wildman–Crippen LogP) is 5.97. The van der Waals surface area contributed by atoms with Crippen molar-refractivity contribution in [1.29, 1.82) is 0 Å². The van der Waals surface area contributed by atoms with Crippen LogP contribution in [0, 0.1) is 0 Å². The predicted molar refractivity (Wildman–Crippen MR) is 132 cm³/mol. The van der Waals surface area contributed by atoms with E-state index in [9.17, 15) is 18.9 Å². The molecule has 3 amide bonds. The standard InChI is InChI=1S/C24H24N3O7P/c28-22(25-19-10-4-1-5-11-19)32-16-35(31,17-33-23(29)26-20-12-6-2-7-13-20)18-34-24(30)27-21-14-8-3-9-15-21/h1-15H,16-18H2,(H,25,28)(H,26,29)(H,27,30). The van der Waals surface area contributed by atoms with Gasteiger partial charge in [0.25, 0.3) is 0 Å². The van der Waals surface area contributed by atoms with Crippen molar-refractivity contribution in [1.82, 2.24) is 0 Å². The van der Waals surface area contributed by atoms with Crippen LogP contribution in [0.3, 0.4) is 0 Å². The van der Waals surface area contributed by atoms with Crippen molar-refractivity contribution in [2.45, 2.75) is 0 Å². The Kier molecular flexibility index (Phi) is 9.27. The zero-order valence-corrected chi connectivity index (χ0v) is 19.5. The molecule has 3 rings (SSSR count). The monoisotopic (exact) mass is 497 g/mol. The fraction of sp³-hybridized carbons (Fsp3) is 0.125. The Morgan fingerprint density at radius 2 is 0.771 bits per heavy atom. The number of benzene rings is 3. The van der Waals surface area contributed by atoms with Gasteiger partial charge in [-0.05, 0) is 36.4 Å². The number of para-hydroxylation sites is 3. The van der Waals surface area contributed by atoms with E-state index in [4.69, 9.17) is 14.2 Å². The Morgan fingerprint density at radius 3 is 1.03 bits per heavy atom. The molecule has 182 valence electrons. The lowest BCUT2D eigenvalue weighted by Crippen LogP contribution is -2.21. The van der Waals surface area contributed by atoms with E-state index >= 15 is 0 Å². The minimum absolute atomic E-state index is 0.476. The topological polar surface area (TPSA) is 132 Å². The van der Waals surface area contributed by atoms with Crippen LogP contribution >= 0.6 is 7.14 Å². The summed E-state index contributed by atoms with van der Waals surface area (Å²) in [6.45, 7) is 0. The Bertz CT molecular complexity index is 1020.